The van der Waals surface area contributed by atoms with Crippen molar-refractivity contribution in [2.45, 2.75) is 37.8 Å². The summed E-state index contributed by atoms with van der Waals surface area (Å²) in [5, 5.41) is 3.25. The van der Waals surface area contributed by atoms with Crippen LogP contribution in [0.5, 0.6) is 0 Å². The first-order valence-electron chi connectivity index (χ1n) is 5.95. The van der Waals surface area contributed by atoms with Gasteiger partial charge in [-0.3, -0.25) is 5.32 Å². The van der Waals surface area contributed by atoms with E-state index in [0.717, 1.165) is 6.29 Å². The summed E-state index contributed by atoms with van der Waals surface area (Å²) < 4.78 is 6.09. The molecule has 4 heteroatoms. The molecule has 17 heavy (non-hydrogen) atoms. The van der Waals surface area contributed by atoms with Gasteiger partial charge in [0.15, 0.2) is 8.32 Å². The Morgan fingerprint density at radius 2 is 1.88 bits per heavy atom. The lowest BCUT2D eigenvalue weighted by atomic mass is 9.88. The van der Waals surface area contributed by atoms with Crippen molar-refractivity contribution in [1.82, 2.24) is 5.32 Å². The van der Waals surface area contributed by atoms with E-state index >= 15 is 0 Å². The molecule has 0 aromatic heterocycles. The molecule has 0 bridgehead atoms. The minimum Gasteiger partial charge on any atom is -0.411 e. The molecular weight excluding hydrogens is 230 g/mol. The molecule has 1 aliphatic heterocycles. The third-order valence-electron chi connectivity index (χ3n) is 2.85. The highest BCUT2D eigenvalue weighted by atomic mass is 28.4. The average Bonchev–Trinajstić information content (AvgIpc) is 2.26. The summed E-state index contributed by atoms with van der Waals surface area (Å²) in [5.41, 5.74) is 1.19. The van der Waals surface area contributed by atoms with Crippen LogP contribution >= 0.6 is 0 Å². The second-order valence-electron chi connectivity index (χ2n) is 5.41. The number of carbonyl (C=O) groups excluding carboxylic acids is 1. The molecule has 1 N–H and O–H groups in total. The van der Waals surface area contributed by atoms with Crippen molar-refractivity contribution in [3.63, 3.8) is 0 Å². The van der Waals surface area contributed by atoms with Gasteiger partial charge in [-0.1, -0.05) is 30.3 Å². The van der Waals surface area contributed by atoms with Crippen LogP contribution in [0.25, 0.3) is 0 Å². The molecule has 1 aromatic carbocycles. The van der Waals surface area contributed by atoms with Crippen LogP contribution in [0.4, 0.5) is 0 Å². The van der Waals surface area contributed by atoms with E-state index in [0.29, 0.717) is 0 Å². The predicted octanol–water partition coefficient (Wildman–Crippen LogP) is 2.12. The predicted molar refractivity (Wildman–Crippen MR) is 70.4 cm³/mol. The minimum atomic E-state index is -1.62. The number of rotatable bonds is 4. The van der Waals surface area contributed by atoms with Gasteiger partial charge in [0, 0.05) is 0 Å². The highest BCUT2D eigenvalue weighted by Gasteiger charge is 2.43. The zero-order valence-corrected chi connectivity index (χ0v) is 11.5. The molecule has 1 aliphatic rings. The van der Waals surface area contributed by atoms with E-state index in [1.54, 1.807) is 0 Å². The molecule has 1 fully saturated rings. The van der Waals surface area contributed by atoms with E-state index in [2.05, 4.69) is 37.1 Å². The average molecular weight is 249 g/mol. The van der Waals surface area contributed by atoms with Crippen LogP contribution in [-0.4, -0.2) is 26.7 Å². The summed E-state index contributed by atoms with van der Waals surface area (Å²) in [6.45, 7) is 6.44. The third kappa shape index (κ3) is 2.83. The van der Waals surface area contributed by atoms with E-state index in [-0.39, 0.29) is 18.2 Å². The van der Waals surface area contributed by atoms with Crippen molar-refractivity contribution in [1.29, 1.82) is 0 Å². The number of aldehydes is 1. The van der Waals surface area contributed by atoms with Crippen molar-refractivity contribution in [2.75, 3.05) is 0 Å². The van der Waals surface area contributed by atoms with Crippen molar-refractivity contribution in [3.05, 3.63) is 35.9 Å². The molecule has 0 amide bonds. The van der Waals surface area contributed by atoms with Crippen molar-refractivity contribution in [3.8, 4) is 0 Å². The first-order valence-corrected chi connectivity index (χ1v) is 9.36. The molecule has 92 valence electrons. The van der Waals surface area contributed by atoms with Gasteiger partial charge in [-0.15, -0.1) is 0 Å². The smallest absolute Gasteiger partial charge is 0.184 e. The Morgan fingerprint density at radius 1 is 1.24 bits per heavy atom. The van der Waals surface area contributed by atoms with E-state index in [4.69, 9.17) is 4.43 Å². The van der Waals surface area contributed by atoms with Gasteiger partial charge >= 0.3 is 0 Å². The zero-order chi connectivity index (χ0) is 12.5. The molecule has 0 saturated carbocycles. The molecular formula is C13H19NO2Si. The largest absolute Gasteiger partial charge is 0.411 e. The molecule has 3 nitrogen and oxygen atoms in total. The standard InChI is InChI=1S/C13H19NO2Si/c1-17(2,3)16-13-11(9-15)14-12(13)10-7-5-4-6-8-10/h4-9,11-14H,1-3H3. The van der Waals surface area contributed by atoms with Crippen molar-refractivity contribution >= 4 is 14.6 Å². The van der Waals surface area contributed by atoms with Crippen LogP contribution < -0.4 is 5.32 Å². The third-order valence-corrected chi connectivity index (χ3v) is 3.83. The van der Waals surface area contributed by atoms with Crippen LogP contribution in [0.15, 0.2) is 30.3 Å². The fourth-order valence-corrected chi connectivity index (χ4v) is 3.20. The van der Waals surface area contributed by atoms with Gasteiger partial charge in [0.25, 0.3) is 0 Å². The Balaban J connectivity index is 2.12. The summed E-state index contributed by atoms with van der Waals surface area (Å²) in [5.74, 6) is 0. The minimum absolute atomic E-state index is 0.0124. The Bertz CT molecular complexity index is 388. The Kier molecular flexibility index (Phi) is 3.47. The van der Waals surface area contributed by atoms with Crippen LogP contribution in [-0.2, 0) is 9.22 Å². The van der Waals surface area contributed by atoms with E-state index < -0.39 is 8.32 Å². The van der Waals surface area contributed by atoms with Gasteiger partial charge in [-0.25, -0.2) is 0 Å². The zero-order valence-electron chi connectivity index (χ0n) is 10.5. The van der Waals surface area contributed by atoms with Gasteiger partial charge in [0.05, 0.1) is 18.2 Å². The maximum absolute atomic E-state index is 10.9. The maximum Gasteiger partial charge on any atom is 0.184 e. The molecule has 0 aliphatic carbocycles. The van der Waals surface area contributed by atoms with Gasteiger partial charge in [-0.05, 0) is 25.2 Å². The normalized spacial score (nSPS) is 28.5. The highest BCUT2D eigenvalue weighted by Crippen LogP contribution is 2.32. The van der Waals surface area contributed by atoms with Gasteiger partial charge < -0.3 is 9.22 Å². The number of hydrogen-bond acceptors (Lipinski definition) is 3. The lowest BCUT2D eigenvalue weighted by molar-refractivity contribution is -0.116. The number of nitrogens with one attached hydrogen (secondary N) is 1. The summed E-state index contributed by atoms with van der Waals surface area (Å²) in [4.78, 5) is 10.9. The molecule has 0 radical (unpaired) electrons. The number of benzene rings is 1. The maximum atomic E-state index is 10.9. The van der Waals surface area contributed by atoms with Gasteiger partial charge in [0.2, 0.25) is 0 Å². The second kappa shape index (κ2) is 4.72. The number of carbonyl (C=O) groups is 1. The topological polar surface area (TPSA) is 38.3 Å². The molecule has 3 atom stereocenters. The van der Waals surface area contributed by atoms with Gasteiger partial charge in [-0.2, -0.15) is 0 Å². The Labute approximate surface area is 103 Å². The number of hydrogen-bond donors (Lipinski definition) is 1. The lowest BCUT2D eigenvalue weighted by Crippen LogP contribution is -2.63. The molecule has 3 unspecified atom stereocenters. The van der Waals surface area contributed by atoms with E-state index in [1.807, 2.05) is 18.2 Å². The molecule has 2 rings (SSSR count). The van der Waals surface area contributed by atoms with E-state index in [9.17, 15) is 4.79 Å². The molecule has 1 heterocycles. The lowest BCUT2D eigenvalue weighted by Gasteiger charge is -2.46. The van der Waals surface area contributed by atoms with Crippen LogP contribution in [0.1, 0.15) is 11.6 Å². The summed E-state index contributed by atoms with van der Waals surface area (Å²) in [6, 6.07) is 10.1. The van der Waals surface area contributed by atoms with Crippen LogP contribution in [0.2, 0.25) is 19.6 Å². The summed E-state index contributed by atoms with van der Waals surface area (Å²) in [7, 11) is -1.62. The SMILES string of the molecule is C[Si](C)(C)OC1C(C=O)NC1c1ccccc1. The van der Waals surface area contributed by atoms with Crippen molar-refractivity contribution < 1.29 is 9.22 Å². The summed E-state index contributed by atoms with van der Waals surface area (Å²) >= 11 is 0. The van der Waals surface area contributed by atoms with Crippen molar-refractivity contribution in [2.24, 2.45) is 0 Å². The first-order chi connectivity index (χ1) is 8.01. The molecule has 1 saturated heterocycles. The molecule has 0 spiro atoms. The fourth-order valence-electron chi connectivity index (χ4n) is 2.10. The van der Waals surface area contributed by atoms with E-state index in [1.165, 1.54) is 5.56 Å². The quantitative estimate of drug-likeness (QED) is 0.656. The van der Waals surface area contributed by atoms with Crippen LogP contribution in [0.3, 0.4) is 0 Å². The fraction of sp³-hybridized carbons (Fsp3) is 0.462. The Morgan fingerprint density at radius 3 is 2.41 bits per heavy atom. The monoisotopic (exact) mass is 249 g/mol. The summed E-state index contributed by atoms with van der Waals surface area (Å²) in [6.07, 6.45) is 0.936. The second-order valence-corrected chi connectivity index (χ2v) is 9.87. The highest BCUT2D eigenvalue weighted by molar-refractivity contribution is 6.69. The van der Waals surface area contributed by atoms with Gasteiger partial charge in [0.1, 0.15) is 6.29 Å². The first kappa shape index (κ1) is 12.5. The Hall–Kier alpha value is -0.973. The van der Waals surface area contributed by atoms with Crippen LogP contribution in [0, 0.1) is 0 Å². The molecule has 1 aromatic rings.